The quantitative estimate of drug-likeness (QED) is 0.918. The van der Waals surface area contributed by atoms with Gasteiger partial charge >= 0.3 is 6.09 Å². The van der Waals surface area contributed by atoms with Crippen LogP contribution in [-0.4, -0.2) is 42.4 Å². The third kappa shape index (κ3) is 3.41. The summed E-state index contributed by atoms with van der Waals surface area (Å²) in [5.41, 5.74) is 0.399. The van der Waals surface area contributed by atoms with Crippen LogP contribution in [0.5, 0.6) is 5.75 Å². The molecule has 0 spiro atoms. The number of hydrogen-bond acceptors (Lipinski definition) is 4. The molecule has 2 rings (SSSR count). The summed E-state index contributed by atoms with van der Waals surface area (Å²) in [6.07, 6.45) is -0.555. The molecule has 1 unspecified atom stereocenters. The van der Waals surface area contributed by atoms with Crippen molar-refractivity contribution in [1.29, 1.82) is 5.26 Å². The van der Waals surface area contributed by atoms with E-state index in [4.69, 9.17) is 19.8 Å². The molecule has 1 fully saturated rings. The predicted octanol–water partition coefficient (Wildman–Crippen LogP) is 1.97. The molecule has 0 aromatic heterocycles. The first-order valence-electron chi connectivity index (χ1n) is 6.41. The maximum atomic E-state index is 13.7. The van der Waals surface area contributed by atoms with Crippen molar-refractivity contribution in [1.82, 2.24) is 4.90 Å². The molecule has 0 bridgehead atoms. The van der Waals surface area contributed by atoms with Gasteiger partial charge < -0.3 is 19.5 Å². The van der Waals surface area contributed by atoms with Crippen LogP contribution in [0.15, 0.2) is 12.1 Å². The van der Waals surface area contributed by atoms with Crippen LogP contribution >= 0.6 is 0 Å². The molecule has 112 valence electrons. The van der Waals surface area contributed by atoms with Crippen molar-refractivity contribution in [3.63, 3.8) is 0 Å². The van der Waals surface area contributed by atoms with Gasteiger partial charge in [0.25, 0.3) is 0 Å². The Morgan fingerprint density at radius 2 is 2.38 bits per heavy atom. The summed E-state index contributed by atoms with van der Waals surface area (Å²) in [7, 11) is 1.36. The number of carboxylic acid groups (broad SMARTS) is 1. The minimum absolute atomic E-state index is 0.136. The second kappa shape index (κ2) is 6.41. The lowest BCUT2D eigenvalue weighted by Gasteiger charge is -2.14. The molecule has 21 heavy (non-hydrogen) atoms. The molecule has 1 aromatic rings. The molecule has 0 radical (unpaired) electrons. The number of halogens is 1. The minimum Gasteiger partial charge on any atom is -0.495 e. The van der Waals surface area contributed by atoms with E-state index in [0.717, 1.165) is 0 Å². The first-order valence-corrected chi connectivity index (χ1v) is 6.41. The Balaban J connectivity index is 2.00. The van der Waals surface area contributed by atoms with Gasteiger partial charge in [-0.05, 0) is 24.1 Å². The molecule has 1 atom stereocenters. The van der Waals surface area contributed by atoms with Crippen LogP contribution in [0.4, 0.5) is 9.18 Å². The Labute approximate surface area is 121 Å². The van der Waals surface area contributed by atoms with E-state index < -0.39 is 11.9 Å². The van der Waals surface area contributed by atoms with Gasteiger partial charge in [-0.25, -0.2) is 9.18 Å². The fourth-order valence-corrected chi connectivity index (χ4v) is 2.24. The average Bonchev–Trinajstić information content (AvgIpc) is 2.93. The number of hydrogen-bond donors (Lipinski definition) is 1. The lowest BCUT2D eigenvalue weighted by molar-refractivity contribution is 0.0464. The SMILES string of the molecule is COc1cc(COC2CCN(C(=O)O)C2)cc(F)c1C#N. The number of nitriles is 1. The van der Waals surface area contributed by atoms with E-state index in [9.17, 15) is 9.18 Å². The molecule has 1 aliphatic heterocycles. The highest BCUT2D eigenvalue weighted by atomic mass is 19.1. The maximum absolute atomic E-state index is 13.7. The molecule has 1 amide bonds. The standard InChI is InChI=1S/C14H15FN2O4/c1-20-13-5-9(4-12(15)11(13)6-16)8-21-10-2-3-17(7-10)14(18)19/h4-5,10H,2-3,7-8H2,1H3,(H,18,19). The van der Waals surface area contributed by atoms with Crippen LogP contribution in [0.3, 0.4) is 0 Å². The Hall–Kier alpha value is -2.33. The molecule has 0 aliphatic carbocycles. The first-order chi connectivity index (χ1) is 10.0. The van der Waals surface area contributed by atoms with Gasteiger partial charge in [0.15, 0.2) is 0 Å². The third-order valence-corrected chi connectivity index (χ3v) is 3.35. The zero-order valence-corrected chi connectivity index (χ0v) is 11.5. The van der Waals surface area contributed by atoms with Gasteiger partial charge in [-0.3, -0.25) is 0 Å². The highest BCUT2D eigenvalue weighted by Crippen LogP contribution is 2.24. The lowest BCUT2D eigenvalue weighted by Crippen LogP contribution is -2.28. The molecule has 1 saturated heterocycles. The van der Waals surface area contributed by atoms with Gasteiger partial charge in [-0.2, -0.15) is 5.26 Å². The monoisotopic (exact) mass is 294 g/mol. The van der Waals surface area contributed by atoms with Crippen molar-refractivity contribution >= 4 is 6.09 Å². The topological polar surface area (TPSA) is 82.8 Å². The summed E-state index contributed by atoms with van der Waals surface area (Å²) in [6, 6.07) is 4.52. The minimum atomic E-state index is -0.966. The van der Waals surface area contributed by atoms with Crippen molar-refractivity contribution in [2.24, 2.45) is 0 Å². The fourth-order valence-electron chi connectivity index (χ4n) is 2.24. The van der Waals surface area contributed by atoms with Gasteiger partial charge in [0.2, 0.25) is 0 Å². The van der Waals surface area contributed by atoms with E-state index in [1.54, 1.807) is 12.1 Å². The summed E-state index contributed by atoms with van der Waals surface area (Å²) < 4.78 is 24.3. The molecule has 1 heterocycles. The average molecular weight is 294 g/mol. The van der Waals surface area contributed by atoms with Gasteiger partial charge in [0, 0.05) is 6.54 Å². The zero-order valence-electron chi connectivity index (χ0n) is 11.5. The van der Waals surface area contributed by atoms with Crippen molar-refractivity contribution < 1.29 is 23.8 Å². The second-order valence-electron chi connectivity index (χ2n) is 4.72. The molecular weight excluding hydrogens is 279 g/mol. The van der Waals surface area contributed by atoms with Crippen molar-refractivity contribution in [3.05, 3.63) is 29.1 Å². The summed E-state index contributed by atoms with van der Waals surface area (Å²) >= 11 is 0. The molecule has 1 aromatic carbocycles. The number of nitrogens with zero attached hydrogens (tertiary/aromatic N) is 2. The van der Waals surface area contributed by atoms with Crippen LogP contribution in [0.25, 0.3) is 0 Å². The molecule has 1 aliphatic rings. The highest BCUT2D eigenvalue weighted by molar-refractivity contribution is 5.65. The van der Waals surface area contributed by atoms with Crippen LogP contribution in [-0.2, 0) is 11.3 Å². The normalized spacial score (nSPS) is 17.6. The summed E-state index contributed by atoms with van der Waals surface area (Å²) in [5, 5.41) is 17.7. The van der Waals surface area contributed by atoms with E-state index >= 15 is 0 Å². The Bertz CT molecular complexity index is 585. The van der Waals surface area contributed by atoms with Crippen molar-refractivity contribution in [3.8, 4) is 11.8 Å². The number of likely N-dealkylation sites (tertiary alicyclic amines) is 1. The number of benzene rings is 1. The molecule has 0 saturated carbocycles. The number of ether oxygens (including phenoxy) is 2. The molecular formula is C14H15FN2O4. The van der Waals surface area contributed by atoms with E-state index in [1.165, 1.54) is 18.1 Å². The summed E-state index contributed by atoms with van der Waals surface area (Å²) in [4.78, 5) is 12.1. The van der Waals surface area contributed by atoms with Crippen molar-refractivity contribution in [2.75, 3.05) is 20.2 Å². The first kappa shape index (κ1) is 15.1. The summed E-state index contributed by atoms with van der Waals surface area (Å²) in [5.74, 6) is -0.497. The number of methoxy groups -OCH3 is 1. The van der Waals surface area contributed by atoms with Crippen LogP contribution < -0.4 is 4.74 Å². The van der Waals surface area contributed by atoms with E-state index in [-0.39, 0.29) is 24.0 Å². The predicted molar refractivity (Wildman–Crippen MR) is 70.5 cm³/mol. The Morgan fingerprint density at radius 1 is 1.62 bits per heavy atom. The van der Waals surface area contributed by atoms with E-state index in [1.807, 2.05) is 0 Å². The zero-order chi connectivity index (χ0) is 15.4. The van der Waals surface area contributed by atoms with Gasteiger partial charge in [-0.1, -0.05) is 0 Å². The lowest BCUT2D eigenvalue weighted by atomic mass is 10.1. The molecule has 1 N–H and O–H groups in total. The number of rotatable bonds is 4. The second-order valence-corrected chi connectivity index (χ2v) is 4.72. The Morgan fingerprint density at radius 3 is 2.95 bits per heavy atom. The third-order valence-electron chi connectivity index (χ3n) is 3.35. The van der Waals surface area contributed by atoms with E-state index in [2.05, 4.69) is 0 Å². The van der Waals surface area contributed by atoms with Crippen molar-refractivity contribution in [2.45, 2.75) is 19.1 Å². The largest absolute Gasteiger partial charge is 0.495 e. The van der Waals surface area contributed by atoms with Crippen LogP contribution in [0.2, 0.25) is 0 Å². The van der Waals surface area contributed by atoms with Gasteiger partial charge in [0.1, 0.15) is 23.2 Å². The van der Waals surface area contributed by atoms with E-state index in [0.29, 0.717) is 25.1 Å². The summed E-state index contributed by atoms with van der Waals surface area (Å²) in [6.45, 7) is 0.882. The molecule has 6 nitrogen and oxygen atoms in total. The van der Waals surface area contributed by atoms with Crippen LogP contribution in [0.1, 0.15) is 17.5 Å². The molecule has 7 heteroatoms. The Kier molecular flexibility index (Phi) is 4.60. The number of carbonyl (C=O) groups is 1. The van der Waals surface area contributed by atoms with Gasteiger partial charge in [0.05, 0.1) is 26.4 Å². The number of amides is 1. The van der Waals surface area contributed by atoms with Crippen LogP contribution in [0, 0.1) is 17.1 Å². The fraction of sp³-hybridized carbons (Fsp3) is 0.429. The smallest absolute Gasteiger partial charge is 0.407 e. The highest BCUT2D eigenvalue weighted by Gasteiger charge is 2.26. The maximum Gasteiger partial charge on any atom is 0.407 e. The van der Waals surface area contributed by atoms with Gasteiger partial charge in [-0.15, -0.1) is 0 Å².